The number of hydrogen-bond acceptors (Lipinski definition) is 6. The van der Waals surface area contributed by atoms with Crippen LogP contribution in [0.5, 0.6) is 5.75 Å². The Morgan fingerprint density at radius 2 is 2.14 bits per heavy atom. The zero-order chi connectivity index (χ0) is 15.1. The van der Waals surface area contributed by atoms with Gasteiger partial charge in [-0.05, 0) is 18.1 Å². The molecule has 1 heterocycles. The van der Waals surface area contributed by atoms with Crippen LogP contribution in [0.4, 0.5) is 5.13 Å². The van der Waals surface area contributed by atoms with Gasteiger partial charge in [-0.3, -0.25) is 4.79 Å². The number of carbonyl (C=O) groups is 1. The van der Waals surface area contributed by atoms with Crippen molar-refractivity contribution in [2.75, 3.05) is 26.1 Å². The molecular weight excluding hydrogens is 288 g/mol. The van der Waals surface area contributed by atoms with Crippen molar-refractivity contribution in [2.24, 2.45) is 0 Å². The minimum absolute atomic E-state index is 0.210. The lowest BCUT2D eigenvalue weighted by molar-refractivity contribution is -0.139. The SMILES string of the molecule is COC(=O)Cc1csc(NCCc2ccccc2OC)n1. The number of ether oxygens (including phenoxy) is 2. The van der Waals surface area contributed by atoms with Crippen LogP contribution >= 0.6 is 11.3 Å². The van der Waals surface area contributed by atoms with Gasteiger partial charge >= 0.3 is 5.97 Å². The Morgan fingerprint density at radius 3 is 2.90 bits per heavy atom. The number of methoxy groups -OCH3 is 2. The molecule has 0 amide bonds. The van der Waals surface area contributed by atoms with Crippen LogP contribution in [0, 0.1) is 0 Å². The van der Waals surface area contributed by atoms with Gasteiger partial charge in [-0.15, -0.1) is 11.3 Å². The van der Waals surface area contributed by atoms with Gasteiger partial charge in [-0.1, -0.05) is 18.2 Å². The van der Waals surface area contributed by atoms with Gasteiger partial charge in [0.25, 0.3) is 0 Å². The molecule has 0 fully saturated rings. The van der Waals surface area contributed by atoms with Crippen LogP contribution in [-0.2, 0) is 22.4 Å². The minimum atomic E-state index is -0.277. The number of esters is 1. The van der Waals surface area contributed by atoms with Crippen molar-refractivity contribution < 1.29 is 14.3 Å². The summed E-state index contributed by atoms with van der Waals surface area (Å²) in [4.78, 5) is 15.5. The maximum atomic E-state index is 11.2. The molecule has 0 aliphatic rings. The van der Waals surface area contributed by atoms with Crippen LogP contribution in [0.25, 0.3) is 0 Å². The Morgan fingerprint density at radius 1 is 1.33 bits per heavy atom. The van der Waals surface area contributed by atoms with Gasteiger partial charge in [0, 0.05) is 11.9 Å². The molecule has 0 aliphatic carbocycles. The second-order valence-corrected chi connectivity index (χ2v) is 5.24. The van der Waals surface area contributed by atoms with Crippen molar-refractivity contribution in [3.8, 4) is 5.75 Å². The number of hydrogen-bond donors (Lipinski definition) is 1. The maximum Gasteiger partial charge on any atom is 0.311 e. The molecule has 0 saturated carbocycles. The van der Waals surface area contributed by atoms with E-state index in [-0.39, 0.29) is 12.4 Å². The van der Waals surface area contributed by atoms with Gasteiger partial charge < -0.3 is 14.8 Å². The first-order valence-electron chi connectivity index (χ1n) is 6.60. The summed E-state index contributed by atoms with van der Waals surface area (Å²) >= 11 is 1.49. The summed E-state index contributed by atoms with van der Waals surface area (Å²) in [5, 5.41) is 5.93. The number of rotatable bonds is 7. The number of nitrogens with zero attached hydrogens (tertiary/aromatic N) is 1. The minimum Gasteiger partial charge on any atom is -0.496 e. The first-order chi connectivity index (χ1) is 10.2. The van der Waals surface area contributed by atoms with E-state index in [1.165, 1.54) is 18.4 Å². The third-order valence-corrected chi connectivity index (χ3v) is 3.82. The molecule has 5 nitrogen and oxygen atoms in total. The molecule has 1 N–H and O–H groups in total. The van der Waals surface area contributed by atoms with Crippen molar-refractivity contribution in [2.45, 2.75) is 12.8 Å². The van der Waals surface area contributed by atoms with Gasteiger partial charge in [0.15, 0.2) is 5.13 Å². The van der Waals surface area contributed by atoms with E-state index < -0.39 is 0 Å². The normalized spacial score (nSPS) is 10.2. The van der Waals surface area contributed by atoms with Crippen LogP contribution in [0.15, 0.2) is 29.6 Å². The number of para-hydroxylation sites is 1. The Bertz CT molecular complexity index is 598. The highest BCUT2D eigenvalue weighted by Gasteiger charge is 2.07. The molecule has 0 unspecified atom stereocenters. The molecule has 0 aliphatic heterocycles. The molecular formula is C15H18N2O3S. The lowest BCUT2D eigenvalue weighted by Gasteiger charge is -2.08. The smallest absolute Gasteiger partial charge is 0.311 e. The Balaban J connectivity index is 1.85. The predicted molar refractivity (Wildman–Crippen MR) is 83.0 cm³/mol. The van der Waals surface area contributed by atoms with Crippen LogP contribution in [0.3, 0.4) is 0 Å². The number of benzene rings is 1. The third-order valence-electron chi connectivity index (χ3n) is 2.97. The fraction of sp³-hybridized carbons (Fsp3) is 0.333. The average molecular weight is 306 g/mol. The van der Waals surface area contributed by atoms with Crippen molar-refractivity contribution >= 4 is 22.4 Å². The third kappa shape index (κ3) is 4.46. The summed E-state index contributed by atoms with van der Waals surface area (Å²) in [6, 6.07) is 7.95. The van der Waals surface area contributed by atoms with E-state index in [1.807, 2.05) is 29.6 Å². The molecule has 0 bridgehead atoms. The summed E-state index contributed by atoms with van der Waals surface area (Å²) < 4.78 is 9.94. The molecule has 6 heteroatoms. The second-order valence-electron chi connectivity index (χ2n) is 4.39. The summed E-state index contributed by atoms with van der Waals surface area (Å²) in [5.41, 5.74) is 1.88. The first kappa shape index (κ1) is 15.3. The van der Waals surface area contributed by atoms with Crippen LogP contribution in [0.2, 0.25) is 0 Å². The zero-order valence-electron chi connectivity index (χ0n) is 12.1. The molecule has 0 saturated heterocycles. The highest BCUT2D eigenvalue weighted by molar-refractivity contribution is 7.13. The highest BCUT2D eigenvalue weighted by atomic mass is 32.1. The number of thiazole rings is 1. The lowest BCUT2D eigenvalue weighted by atomic mass is 10.1. The lowest BCUT2D eigenvalue weighted by Crippen LogP contribution is -2.07. The molecule has 2 rings (SSSR count). The largest absolute Gasteiger partial charge is 0.496 e. The molecule has 2 aromatic rings. The van der Waals surface area contributed by atoms with Crippen LogP contribution < -0.4 is 10.1 Å². The van der Waals surface area contributed by atoms with Gasteiger partial charge in [0.05, 0.1) is 26.3 Å². The van der Waals surface area contributed by atoms with Crippen molar-refractivity contribution in [3.63, 3.8) is 0 Å². The van der Waals surface area contributed by atoms with E-state index in [4.69, 9.17) is 4.74 Å². The quantitative estimate of drug-likeness (QED) is 0.797. The fourth-order valence-corrected chi connectivity index (χ4v) is 2.64. The molecule has 112 valence electrons. The van der Waals surface area contributed by atoms with E-state index in [0.29, 0.717) is 0 Å². The summed E-state index contributed by atoms with van der Waals surface area (Å²) in [6.45, 7) is 0.756. The monoisotopic (exact) mass is 306 g/mol. The molecule has 0 spiro atoms. The summed E-state index contributed by atoms with van der Waals surface area (Å²) in [7, 11) is 3.05. The van der Waals surface area contributed by atoms with E-state index in [1.54, 1.807) is 7.11 Å². The maximum absolute atomic E-state index is 11.2. The van der Waals surface area contributed by atoms with E-state index in [9.17, 15) is 4.79 Å². The van der Waals surface area contributed by atoms with Gasteiger partial charge in [-0.25, -0.2) is 4.98 Å². The van der Waals surface area contributed by atoms with Crippen LogP contribution in [0.1, 0.15) is 11.3 Å². The number of anilines is 1. The van der Waals surface area contributed by atoms with Gasteiger partial charge in [-0.2, -0.15) is 0 Å². The van der Waals surface area contributed by atoms with Crippen molar-refractivity contribution in [1.29, 1.82) is 0 Å². The molecule has 21 heavy (non-hydrogen) atoms. The van der Waals surface area contributed by atoms with E-state index in [0.717, 1.165) is 35.1 Å². The second kappa shape index (κ2) is 7.64. The number of aromatic nitrogens is 1. The zero-order valence-corrected chi connectivity index (χ0v) is 12.9. The summed E-state index contributed by atoms with van der Waals surface area (Å²) in [5.74, 6) is 0.616. The number of nitrogens with one attached hydrogen (secondary N) is 1. The number of carbonyl (C=O) groups excluding carboxylic acids is 1. The van der Waals surface area contributed by atoms with Gasteiger partial charge in [0.2, 0.25) is 0 Å². The Labute approximate surface area is 127 Å². The first-order valence-corrected chi connectivity index (χ1v) is 7.48. The highest BCUT2D eigenvalue weighted by Crippen LogP contribution is 2.19. The molecule has 1 aromatic heterocycles. The Kier molecular flexibility index (Phi) is 5.57. The average Bonchev–Trinajstić information content (AvgIpc) is 2.95. The molecule has 0 atom stereocenters. The Hall–Kier alpha value is -2.08. The summed E-state index contributed by atoms with van der Waals surface area (Å²) in [6.07, 6.45) is 1.05. The van der Waals surface area contributed by atoms with E-state index >= 15 is 0 Å². The standard InChI is InChI=1S/C15H18N2O3S/c1-19-13-6-4-3-5-11(13)7-8-16-15-17-12(10-21-15)9-14(18)20-2/h3-6,10H,7-9H2,1-2H3,(H,16,17). The topological polar surface area (TPSA) is 60.5 Å². The van der Waals surface area contributed by atoms with Crippen LogP contribution in [-0.4, -0.2) is 31.7 Å². The molecule has 0 radical (unpaired) electrons. The fourth-order valence-electron chi connectivity index (χ4n) is 1.90. The van der Waals surface area contributed by atoms with Crippen molar-refractivity contribution in [1.82, 2.24) is 4.98 Å². The predicted octanol–water partition coefficient (Wildman–Crippen LogP) is 2.52. The van der Waals surface area contributed by atoms with Crippen molar-refractivity contribution in [3.05, 3.63) is 40.9 Å². The molecule has 1 aromatic carbocycles. The van der Waals surface area contributed by atoms with E-state index in [2.05, 4.69) is 15.0 Å². The van der Waals surface area contributed by atoms with Gasteiger partial charge in [0.1, 0.15) is 5.75 Å².